The van der Waals surface area contributed by atoms with Gasteiger partial charge in [-0.2, -0.15) is 0 Å². The molecule has 3 aromatic heterocycles. The Kier molecular flexibility index (Phi) is 3.70. The lowest BCUT2D eigenvalue weighted by Gasteiger charge is -2.31. The molecule has 0 saturated carbocycles. The molecule has 0 atom stereocenters. The number of carbonyl (C=O) groups is 1. The lowest BCUT2D eigenvalue weighted by molar-refractivity contribution is 0.0704. The fourth-order valence-electron chi connectivity index (χ4n) is 4.00. The predicted octanol–water partition coefficient (Wildman–Crippen LogP) is 3.54. The number of hydrogen-bond acceptors (Lipinski definition) is 3. The van der Waals surface area contributed by atoms with Crippen molar-refractivity contribution in [2.75, 3.05) is 13.1 Å². The van der Waals surface area contributed by atoms with E-state index in [1.165, 1.54) is 5.56 Å². The number of carbonyl (C=O) groups excluding carboxylic acids is 1. The van der Waals surface area contributed by atoms with Crippen LogP contribution in [0.4, 0.5) is 0 Å². The molecule has 1 aliphatic heterocycles. The van der Waals surface area contributed by atoms with E-state index in [0.717, 1.165) is 48.4 Å². The van der Waals surface area contributed by atoms with Crippen molar-refractivity contribution in [1.82, 2.24) is 24.3 Å². The first-order valence-corrected chi connectivity index (χ1v) is 9.37. The molecule has 136 valence electrons. The van der Waals surface area contributed by atoms with Crippen molar-refractivity contribution in [3.8, 4) is 0 Å². The van der Waals surface area contributed by atoms with Crippen LogP contribution in [0.15, 0.2) is 48.8 Å². The minimum absolute atomic E-state index is 0.0487. The van der Waals surface area contributed by atoms with Crippen LogP contribution in [0.2, 0.25) is 0 Å². The van der Waals surface area contributed by atoms with Crippen LogP contribution < -0.4 is 0 Å². The average molecular weight is 359 g/mol. The molecule has 1 fully saturated rings. The zero-order chi connectivity index (χ0) is 18.4. The number of rotatable bonds is 2. The summed E-state index contributed by atoms with van der Waals surface area (Å²) >= 11 is 0. The Morgan fingerprint density at radius 3 is 2.81 bits per heavy atom. The second-order valence-corrected chi connectivity index (χ2v) is 7.23. The van der Waals surface area contributed by atoms with Crippen LogP contribution in [0.3, 0.4) is 0 Å². The fraction of sp³-hybridized carbons (Fsp3) is 0.286. The van der Waals surface area contributed by atoms with E-state index in [4.69, 9.17) is 4.98 Å². The predicted molar refractivity (Wildman–Crippen MR) is 104 cm³/mol. The number of amides is 1. The summed E-state index contributed by atoms with van der Waals surface area (Å²) in [6, 6.07) is 12.0. The number of hydrogen-bond donors (Lipinski definition) is 1. The maximum Gasteiger partial charge on any atom is 0.272 e. The van der Waals surface area contributed by atoms with Gasteiger partial charge >= 0.3 is 0 Å². The summed E-state index contributed by atoms with van der Waals surface area (Å²) in [7, 11) is 0. The van der Waals surface area contributed by atoms with Gasteiger partial charge in [-0.25, -0.2) is 9.97 Å². The van der Waals surface area contributed by atoms with E-state index in [1.807, 2.05) is 33.7 Å². The van der Waals surface area contributed by atoms with Gasteiger partial charge in [-0.05, 0) is 43.5 Å². The number of pyridine rings is 1. The Balaban J connectivity index is 1.33. The number of likely N-dealkylation sites (tertiary alicyclic amines) is 1. The number of para-hydroxylation sites is 1. The normalized spacial score (nSPS) is 15.7. The van der Waals surface area contributed by atoms with Gasteiger partial charge in [0.05, 0.1) is 17.2 Å². The van der Waals surface area contributed by atoms with Crippen LogP contribution in [-0.4, -0.2) is 43.2 Å². The Labute approximate surface area is 156 Å². The van der Waals surface area contributed by atoms with Crippen LogP contribution in [0.1, 0.15) is 40.6 Å². The molecule has 6 nitrogen and oxygen atoms in total. The van der Waals surface area contributed by atoms with E-state index < -0.39 is 0 Å². The summed E-state index contributed by atoms with van der Waals surface area (Å²) < 4.78 is 1.86. The van der Waals surface area contributed by atoms with E-state index >= 15 is 0 Å². The summed E-state index contributed by atoms with van der Waals surface area (Å²) in [5, 5.41) is 0. The number of H-pyrrole nitrogens is 1. The molecule has 0 radical (unpaired) electrons. The maximum absolute atomic E-state index is 12.9. The second kappa shape index (κ2) is 6.23. The SMILES string of the molecule is Cc1cccc2[nH]c(C3CCN(C(=O)c4cnc5ccccn45)CC3)nc12. The molecular formula is C21H21N5O. The Morgan fingerprint density at radius 2 is 2.00 bits per heavy atom. The molecular weight excluding hydrogens is 338 g/mol. The van der Waals surface area contributed by atoms with Gasteiger partial charge in [-0.1, -0.05) is 18.2 Å². The van der Waals surface area contributed by atoms with Gasteiger partial charge in [0, 0.05) is 25.2 Å². The minimum atomic E-state index is 0.0487. The molecule has 4 aromatic rings. The van der Waals surface area contributed by atoms with Gasteiger partial charge in [0.2, 0.25) is 0 Å². The highest BCUT2D eigenvalue weighted by Gasteiger charge is 2.27. The van der Waals surface area contributed by atoms with Crippen LogP contribution in [0.25, 0.3) is 16.7 Å². The average Bonchev–Trinajstić information content (AvgIpc) is 3.33. The molecule has 0 spiro atoms. The number of fused-ring (bicyclic) bond motifs is 2. The Bertz CT molecular complexity index is 1130. The van der Waals surface area contributed by atoms with Gasteiger partial charge in [0.25, 0.3) is 5.91 Å². The molecule has 6 heteroatoms. The highest BCUT2D eigenvalue weighted by Crippen LogP contribution is 2.29. The second-order valence-electron chi connectivity index (χ2n) is 7.23. The third-order valence-corrected chi connectivity index (χ3v) is 5.54. The first-order chi connectivity index (χ1) is 13.2. The van der Waals surface area contributed by atoms with Crippen molar-refractivity contribution in [1.29, 1.82) is 0 Å². The number of piperidine rings is 1. The topological polar surface area (TPSA) is 66.3 Å². The smallest absolute Gasteiger partial charge is 0.272 e. The number of aryl methyl sites for hydroxylation is 1. The summed E-state index contributed by atoms with van der Waals surface area (Å²) in [6.07, 6.45) is 5.40. The van der Waals surface area contributed by atoms with Crippen LogP contribution in [0.5, 0.6) is 0 Å². The lowest BCUT2D eigenvalue weighted by atomic mass is 9.96. The Morgan fingerprint density at radius 1 is 1.15 bits per heavy atom. The van der Waals surface area contributed by atoms with Crippen molar-refractivity contribution in [3.63, 3.8) is 0 Å². The largest absolute Gasteiger partial charge is 0.342 e. The maximum atomic E-state index is 12.9. The van der Waals surface area contributed by atoms with Crippen LogP contribution >= 0.6 is 0 Å². The van der Waals surface area contributed by atoms with Crippen molar-refractivity contribution in [2.45, 2.75) is 25.7 Å². The molecule has 5 rings (SSSR count). The lowest BCUT2D eigenvalue weighted by Crippen LogP contribution is -2.38. The molecule has 1 amide bonds. The highest BCUT2D eigenvalue weighted by atomic mass is 16.2. The van der Waals surface area contributed by atoms with Crippen molar-refractivity contribution in [3.05, 3.63) is 65.9 Å². The first-order valence-electron chi connectivity index (χ1n) is 9.37. The van der Waals surface area contributed by atoms with E-state index in [2.05, 4.69) is 35.1 Å². The molecule has 1 aliphatic rings. The highest BCUT2D eigenvalue weighted by molar-refractivity contribution is 5.93. The molecule has 1 saturated heterocycles. The van der Waals surface area contributed by atoms with Crippen molar-refractivity contribution >= 4 is 22.6 Å². The molecule has 0 bridgehead atoms. The first kappa shape index (κ1) is 16.1. The van der Waals surface area contributed by atoms with E-state index in [9.17, 15) is 4.79 Å². The minimum Gasteiger partial charge on any atom is -0.342 e. The fourth-order valence-corrected chi connectivity index (χ4v) is 4.00. The van der Waals surface area contributed by atoms with Gasteiger partial charge in [0.15, 0.2) is 0 Å². The van der Waals surface area contributed by atoms with Crippen molar-refractivity contribution < 1.29 is 4.79 Å². The van der Waals surface area contributed by atoms with E-state index in [-0.39, 0.29) is 5.91 Å². The summed E-state index contributed by atoms with van der Waals surface area (Å²) in [5.41, 5.74) is 4.76. The van der Waals surface area contributed by atoms with Crippen molar-refractivity contribution in [2.24, 2.45) is 0 Å². The van der Waals surface area contributed by atoms with Crippen LogP contribution in [-0.2, 0) is 0 Å². The molecule has 1 N–H and O–H groups in total. The third kappa shape index (κ3) is 2.68. The number of aromatic amines is 1. The Hall–Kier alpha value is -3.15. The molecule has 0 aliphatic carbocycles. The zero-order valence-corrected chi connectivity index (χ0v) is 15.2. The standard InChI is InChI=1S/C21H21N5O/c1-14-5-4-6-16-19(14)24-20(23-16)15-8-11-25(12-9-15)21(27)17-13-22-18-7-2-3-10-26(17)18/h2-7,10,13,15H,8-9,11-12H2,1H3,(H,23,24). The quantitative estimate of drug-likeness (QED) is 0.595. The van der Waals surface area contributed by atoms with Crippen LogP contribution in [0, 0.1) is 6.92 Å². The van der Waals surface area contributed by atoms with Gasteiger partial charge in [-0.15, -0.1) is 0 Å². The summed E-state index contributed by atoms with van der Waals surface area (Å²) in [4.78, 5) is 27.5. The molecule has 4 heterocycles. The molecule has 0 unspecified atom stereocenters. The monoisotopic (exact) mass is 359 g/mol. The van der Waals surface area contributed by atoms with Gasteiger partial charge in [0.1, 0.15) is 17.2 Å². The van der Waals surface area contributed by atoms with Gasteiger partial charge < -0.3 is 9.88 Å². The third-order valence-electron chi connectivity index (χ3n) is 5.54. The number of aromatic nitrogens is 4. The number of imidazole rings is 2. The number of nitrogens with zero attached hydrogens (tertiary/aromatic N) is 4. The summed E-state index contributed by atoms with van der Waals surface area (Å²) in [5.74, 6) is 1.46. The number of benzene rings is 1. The number of nitrogens with one attached hydrogen (secondary N) is 1. The molecule has 1 aromatic carbocycles. The molecule has 27 heavy (non-hydrogen) atoms. The van der Waals surface area contributed by atoms with E-state index in [1.54, 1.807) is 6.20 Å². The van der Waals surface area contributed by atoms with E-state index in [0.29, 0.717) is 11.6 Å². The van der Waals surface area contributed by atoms with Gasteiger partial charge in [-0.3, -0.25) is 9.20 Å². The zero-order valence-electron chi connectivity index (χ0n) is 15.2. The summed E-state index contributed by atoms with van der Waals surface area (Å²) in [6.45, 7) is 3.56.